The lowest BCUT2D eigenvalue weighted by atomic mass is 9.81. The fourth-order valence-electron chi connectivity index (χ4n) is 2.04. The molecule has 0 radical (unpaired) electrons. The first-order chi connectivity index (χ1) is 8.86. The van der Waals surface area contributed by atoms with Crippen LogP contribution in [-0.2, 0) is 9.53 Å². The molecule has 1 aromatic carbocycles. The Morgan fingerprint density at radius 3 is 2.58 bits per heavy atom. The lowest BCUT2D eigenvalue weighted by Gasteiger charge is -2.31. The van der Waals surface area contributed by atoms with Gasteiger partial charge in [0.15, 0.2) is 5.60 Å². The van der Waals surface area contributed by atoms with E-state index in [4.69, 9.17) is 4.74 Å². The first-order valence-corrected chi connectivity index (χ1v) is 6.52. The monoisotopic (exact) mass is 268 g/mol. The Morgan fingerprint density at radius 1 is 1.47 bits per heavy atom. The molecule has 1 aromatic rings. The van der Waals surface area contributed by atoms with Crippen molar-refractivity contribution in [1.29, 1.82) is 0 Å². The van der Waals surface area contributed by atoms with Crippen LogP contribution < -0.4 is 0 Å². The van der Waals surface area contributed by atoms with E-state index >= 15 is 0 Å². The normalized spacial score (nSPS) is 15.7. The third-order valence-electron chi connectivity index (χ3n) is 3.58. The second kappa shape index (κ2) is 6.15. The average molecular weight is 268 g/mol. The van der Waals surface area contributed by atoms with E-state index in [0.29, 0.717) is 11.1 Å². The van der Waals surface area contributed by atoms with Gasteiger partial charge in [-0.05, 0) is 37.5 Å². The van der Waals surface area contributed by atoms with Crippen LogP contribution in [0.3, 0.4) is 0 Å². The van der Waals surface area contributed by atoms with Crippen LogP contribution in [0.5, 0.6) is 0 Å². The van der Waals surface area contributed by atoms with Crippen molar-refractivity contribution in [1.82, 2.24) is 0 Å². The van der Waals surface area contributed by atoms with Gasteiger partial charge in [-0.3, -0.25) is 0 Å². The second-order valence-electron chi connectivity index (χ2n) is 4.73. The zero-order chi connectivity index (χ0) is 14.6. The number of halogens is 1. The van der Waals surface area contributed by atoms with Gasteiger partial charge in [-0.2, -0.15) is 0 Å². The summed E-state index contributed by atoms with van der Waals surface area (Å²) in [6.45, 7) is 6.96. The molecule has 0 aliphatic heterocycles. The molecular formula is C15H21FO3. The highest BCUT2D eigenvalue weighted by molar-refractivity contribution is 5.80. The average Bonchev–Trinajstić information content (AvgIpc) is 2.40. The predicted molar refractivity (Wildman–Crippen MR) is 71.4 cm³/mol. The van der Waals surface area contributed by atoms with Crippen LogP contribution in [0.1, 0.15) is 44.2 Å². The van der Waals surface area contributed by atoms with E-state index < -0.39 is 17.5 Å². The Morgan fingerprint density at radius 2 is 2.11 bits per heavy atom. The van der Waals surface area contributed by atoms with E-state index in [1.165, 1.54) is 6.07 Å². The van der Waals surface area contributed by atoms with E-state index in [2.05, 4.69) is 0 Å². The van der Waals surface area contributed by atoms with E-state index in [0.717, 1.165) is 0 Å². The molecule has 0 heterocycles. The summed E-state index contributed by atoms with van der Waals surface area (Å²) < 4.78 is 18.5. The molecule has 0 aromatic heterocycles. The van der Waals surface area contributed by atoms with E-state index in [1.54, 1.807) is 39.8 Å². The molecular weight excluding hydrogens is 247 g/mol. The Balaban J connectivity index is 3.10. The zero-order valence-electron chi connectivity index (χ0n) is 11.9. The summed E-state index contributed by atoms with van der Waals surface area (Å²) >= 11 is 0. The summed E-state index contributed by atoms with van der Waals surface area (Å²) in [7, 11) is 0. The van der Waals surface area contributed by atoms with Crippen molar-refractivity contribution in [3.05, 3.63) is 35.1 Å². The van der Waals surface area contributed by atoms with Crippen molar-refractivity contribution < 1.29 is 19.0 Å². The van der Waals surface area contributed by atoms with Crippen molar-refractivity contribution in [3.63, 3.8) is 0 Å². The minimum atomic E-state index is -1.63. The molecule has 106 valence electrons. The molecule has 19 heavy (non-hydrogen) atoms. The number of hydrogen-bond donors (Lipinski definition) is 1. The van der Waals surface area contributed by atoms with Gasteiger partial charge in [0.1, 0.15) is 5.82 Å². The number of rotatable bonds is 5. The van der Waals surface area contributed by atoms with Gasteiger partial charge in [0.2, 0.25) is 0 Å². The van der Waals surface area contributed by atoms with Crippen LogP contribution in [0.2, 0.25) is 0 Å². The number of esters is 1. The Labute approximate surface area is 113 Å². The van der Waals surface area contributed by atoms with E-state index in [-0.39, 0.29) is 18.8 Å². The first kappa shape index (κ1) is 15.6. The summed E-state index contributed by atoms with van der Waals surface area (Å²) in [6, 6.07) is 4.73. The number of benzene rings is 1. The zero-order valence-corrected chi connectivity index (χ0v) is 11.9. The molecule has 0 saturated carbocycles. The smallest absolute Gasteiger partial charge is 0.338 e. The van der Waals surface area contributed by atoms with Gasteiger partial charge in [0.25, 0.3) is 0 Å². The Kier molecular flexibility index (Phi) is 5.06. The molecule has 0 fully saturated rings. The topological polar surface area (TPSA) is 46.5 Å². The number of ether oxygens (including phenoxy) is 1. The highest BCUT2D eigenvalue weighted by Gasteiger charge is 2.42. The molecule has 0 bridgehead atoms. The van der Waals surface area contributed by atoms with Gasteiger partial charge in [-0.1, -0.05) is 26.0 Å². The van der Waals surface area contributed by atoms with Crippen LogP contribution >= 0.6 is 0 Å². The molecule has 2 atom stereocenters. The number of aryl methyl sites for hydroxylation is 1. The fourth-order valence-corrected chi connectivity index (χ4v) is 2.04. The lowest BCUT2D eigenvalue weighted by molar-refractivity contribution is -0.167. The van der Waals surface area contributed by atoms with Crippen LogP contribution in [0.25, 0.3) is 0 Å². The molecule has 1 rings (SSSR count). The summed E-state index contributed by atoms with van der Waals surface area (Å²) in [5, 5.41) is 10.5. The third-order valence-corrected chi connectivity index (χ3v) is 3.58. The Hall–Kier alpha value is -1.42. The van der Waals surface area contributed by atoms with E-state index in [9.17, 15) is 14.3 Å². The molecule has 1 N–H and O–H groups in total. The molecule has 3 nitrogen and oxygen atoms in total. The quantitative estimate of drug-likeness (QED) is 0.835. The van der Waals surface area contributed by atoms with Crippen molar-refractivity contribution in [2.45, 2.75) is 45.6 Å². The second-order valence-corrected chi connectivity index (χ2v) is 4.73. The maximum Gasteiger partial charge on any atom is 0.338 e. The first-order valence-electron chi connectivity index (χ1n) is 6.52. The minimum absolute atomic E-state index is 0.204. The molecule has 2 unspecified atom stereocenters. The van der Waals surface area contributed by atoms with Crippen LogP contribution in [-0.4, -0.2) is 23.3 Å². The number of carbonyl (C=O) groups excluding carboxylic acids is 1. The van der Waals surface area contributed by atoms with Gasteiger partial charge >= 0.3 is 5.97 Å². The fraction of sp³-hybridized carbons (Fsp3) is 0.533. The van der Waals surface area contributed by atoms with Crippen molar-refractivity contribution in [2.75, 3.05) is 6.61 Å². The molecule has 0 spiro atoms. The summed E-state index contributed by atoms with van der Waals surface area (Å²) in [5.41, 5.74) is -0.509. The molecule has 4 heteroatoms. The minimum Gasteiger partial charge on any atom is -0.464 e. The van der Waals surface area contributed by atoms with Gasteiger partial charge in [0.05, 0.1) is 6.61 Å². The summed E-state index contributed by atoms with van der Waals surface area (Å²) in [4.78, 5) is 11.9. The van der Waals surface area contributed by atoms with Crippen molar-refractivity contribution in [2.24, 2.45) is 0 Å². The van der Waals surface area contributed by atoms with E-state index in [1.807, 2.05) is 0 Å². The lowest BCUT2D eigenvalue weighted by Crippen LogP contribution is -2.44. The molecule has 0 aliphatic carbocycles. The highest BCUT2D eigenvalue weighted by atomic mass is 19.1. The van der Waals surface area contributed by atoms with Crippen LogP contribution in [0, 0.1) is 12.7 Å². The summed E-state index contributed by atoms with van der Waals surface area (Å²) in [5.74, 6) is -1.54. The molecule has 0 saturated heterocycles. The number of carbonyl (C=O) groups is 1. The standard InChI is InChI=1S/C15H21FO3/c1-5-15(18,14(17)19-6-2)11(4)12-8-7-10(3)13(16)9-12/h7-9,11,18H,5-6H2,1-4H3. The van der Waals surface area contributed by atoms with Gasteiger partial charge in [-0.15, -0.1) is 0 Å². The maximum atomic E-state index is 13.6. The SMILES string of the molecule is CCOC(=O)C(O)(CC)C(C)c1ccc(C)c(F)c1. The number of aliphatic hydroxyl groups is 1. The van der Waals surface area contributed by atoms with Gasteiger partial charge in [0, 0.05) is 5.92 Å². The third kappa shape index (κ3) is 3.13. The van der Waals surface area contributed by atoms with Crippen molar-refractivity contribution in [3.8, 4) is 0 Å². The molecule has 0 amide bonds. The molecule has 0 aliphatic rings. The summed E-state index contributed by atoms with van der Waals surface area (Å²) in [6.07, 6.45) is 0.211. The largest absolute Gasteiger partial charge is 0.464 e. The van der Waals surface area contributed by atoms with Crippen LogP contribution in [0.15, 0.2) is 18.2 Å². The Bertz CT molecular complexity index is 459. The van der Waals surface area contributed by atoms with Gasteiger partial charge < -0.3 is 9.84 Å². The number of hydrogen-bond acceptors (Lipinski definition) is 3. The van der Waals surface area contributed by atoms with Gasteiger partial charge in [-0.25, -0.2) is 9.18 Å². The predicted octanol–water partition coefficient (Wildman–Crippen LogP) is 2.94. The maximum absolute atomic E-state index is 13.6. The highest BCUT2D eigenvalue weighted by Crippen LogP contribution is 2.32. The van der Waals surface area contributed by atoms with Crippen molar-refractivity contribution >= 4 is 5.97 Å². The van der Waals surface area contributed by atoms with Crippen LogP contribution in [0.4, 0.5) is 4.39 Å².